The fourth-order valence-electron chi connectivity index (χ4n) is 3.59. The van der Waals surface area contributed by atoms with Gasteiger partial charge in [0, 0.05) is 18.5 Å². The van der Waals surface area contributed by atoms with Gasteiger partial charge in [0.1, 0.15) is 0 Å². The van der Waals surface area contributed by atoms with Gasteiger partial charge in [-0.25, -0.2) is 4.99 Å². The molecule has 2 atom stereocenters. The Morgan fingerprint density at radius 1 is 1.07 bits per heavy atom. The van der Waals surface area contributed by atoms with Gasteiger partial charge >= 0.3 is 0 Å². The van der Waals surface area contributed by atoms with Crippen LogP contribution in [0.2, 0.25) is 0 Å². The number of rotatable bonds is 8. The summed E-state index contributed by atoms with van der Waals surface area (Å²) in [4.78, 5) is 4.76. The van der Waals surface area contributed by atoms with Crippen LogP contribution < -0.4 is 24.8 Å². The van der Waals surface area contributed by atoms with E-state index in [0.717, 1.165) is 24.5 Å². The number of nitrogens with zero attached hydrogens (tertiary/aromatic N) is 1. The van der Waals surface area contributed by atoms with Gasteiger partial charge in [0.15, 0.2) is 17.5 Å². The zero-order valence-corrected chi connectivity index (χ0v) is 20.7. The van der Waals surface area contributed by atoms with Crippen molar-refractivity contribution in [1.29, 1.82) is 0 Å². The van der Waals surface area contributed by atoms with Crippen LogP contribution in [0.4, 0.5) is 0 Å². The third-order valence-electron chi connectivity index (χ3n) is 5.19. The van der Waals surface area contributed by atoms with Crippen LogP contribution in [0.1, 0.15) is 36.0 Å². The van der Waals surface area contributed by atoms with Gasteiger partial charge in [-0.3, -0.25) is 0 Å². The third kappa shape index (κ3) is 5.71. The van der Waals surface area contributed by atoms with E-state index in [2.05, 4.69) is 48.7 Å². The van der Waals surface area contributed by atoms with Crippen molar-refractivity contribution in [3.63, 3.8) is 0 Å². The molecule has 2 N–H and O–H groups in total. The highest BCUT2D eigenvalue weighted by molar-refractivity contribution is 14.0. The molecular formula is C23H32IN3O3. The van der Waals surface area contributed by atoms with E-state index >= 15 is 0 Å². The summed E-state index contributed by atoms with van der Waals surface area (Å²) in [7, 11) is 4.84. The molecule has 0 amide bonds. The number of halogens is 1. The topological polar surface area (TPSA) is 64.1 Å². The minimum atomic E-state index is 0. The third-order valence-corrected chi connectivity index (χ3v) is 5.19. The lowest BCUT2D eigenvalue weighted by molar-refractivity contribution is 0.324. The molecule has 1 aliphatic carbocycles. The number of hydrogen-bond donors (Lipinski definition) is 2. The van der Waals surface area contributed by atoms with Crippen molar-refractivity contribution < 1.29 is 14.2 Å². The second-order valence-electron chi connectivity index (χ2n) is 7.18. The SMILES string of the molecule is CCNC(=NCc1cc(OC)c(OC)c(OC)c1)NC1CC1c1ccccc1C.I. The van der Waals surface area contributed by atoms with Crippen molar-refractivity contribution >= 4 is 29.9 Å². The first-order valence-corrected chi connectivity index (χ1v) is 10.0. The monoisotopic (exact) mass is 525 g/mol. The Balaban J connectivity index is 0.00000320. The average molecular weight is 525 g/mol. The highest BCUT2D eigenvalue weighted by Crippen LogP contribution is 2.42. The van der Waals surface area contributed by atoms with E-state index < -0.39 is 0 Å². The van der Waals surface area contributed by atoms with E-state index in [1.54, 1.807) is 21.3 Å². The lowest BCUT2D eigenvalue weighted by Gasteiger charge is -2.14. The molecular weight excluding hydrogens is 493 g/mol. The van der Waals surface area contributed by atoms with E-state index in [4.69, 9.17) is 19.2 Å². The largest absolute Gasteiger partial charge is 0.493 e. The van der Waals surface area contributed by atoms with Gasteiger partial charge in [-0.1, -0.05) is 24.3 Å². The fraction of sp³-hybridized carbons (Fsp3) is 0.435. The van der Waals surface area contributed by atoms with E-state index in [1.165, 1.54) is 11.1 Å². The maximum Gasteiger partial charge on any atom is 0.203 e. The van der Waals surface area contributed by atoms with Crippen molar-refractivity contribution in [1.82, 2.24) is 10.6 Å². The molecule has 0 spiro atoms. The first-order valence-electron chi connectivity index (χ1n) is 10.0. The predicted octanol–water partition coefficient (Wildman–Crippen LogP) is 4.25. The molecule has 1 aliphatic rings. The van der Waals surface area contributed by atoms with Crippen LogP contribution in [-0.4, -0.2) is 39.9 Å². The van der Waals surface area contributed by atoms with Crippen LogP contribution in [0, 0.1) is 6.92 Å². The summed E-state index contributed by atoms with van der Waals surface area (Å²) in [5, 5.41) is 6.91. The van der Waals surface area contributed by atoms with Crippen LogP contribution in [-0.2, 0) is 6.54 Å². The molecule has 3 rings (SSSR count). The van der Waals surface area contributed by atoms with E-state index in [9.17, 15) is 0 Å². The standard InChI is InChI=1S/C23H31N3O3.HI/c1-6-24-23(26-19-13-18(19)17-10-8-7-9-15(17)2)25-14-16-11-20(27-3)22(29-5)21(12-16)28-4;/h7-12,18-19H,6,13-14H2,1-5H3,(H2,24,25,26);1H. The van der Waals surface area contributed by atoms with Gasteiger partial charge in [0.25, 0.3) is 0 Å². The first kappa shape index (κ1) is 24.1. The Morgan fingerprint density at radius 3 is 2.30 bits per heavy atom. The van der Waals surface area contributed by atoms with E-state index in [0.29, 0.717) is 35.8 Å². The minimum Gasteiger partial charge on any atom is -0.493 e. The molecule has 0 bridgehead atoms. The highest BCUT2D eigenvalue weighted by Gasteiger charge is 2.39. The summed E-state index contributed by atoms with van der Waals surface area (Å²) in [5.41, 5.74) is 3.76. The molecule has 0 heterocycles. The van der Waals surface area contributed by atoms with Crippen LogP contribution >= 0.6 is 24.0 Å². The molecule has 0 aliphatic heterocycles. The Hall–Kier alpha value is -2.16. The van der Waals surface area contributed by atoms with Gasteiger partial charge in [-0.15, -0.1) is 24.0 Å². The van der Waals surface area contributed by atoms with Crippen LogP contribution in [0.3, 0.4) is 0 Å². The zero-order valence-electron chi connectivity index (χ0n) is 18.3. The van der Waals surface area contributed by atoms with Crippen LogP contribution in [0.15, 0.2) is 41.4 Å². The molecule has 0 saturated heterocycles. The van der Waals surface area contributed by atoms with Crippen molar-refractivity contribution in [2.24, 2.45) is 4.99 Å². The second kappa shape index (κ2) is 11.3. The Labute approximate surface area is 196 Å². The summed E-state index contributed by atoms with van der Waals surface area (Å²) in [6, 6.07) is 12.9. The molecule has 2 aromatic rings. The van der Waals surface area contributed by atoms with Gasteiger partial charge < -0.3 is 24.8 Å². The van der Waals surface area contributed by atoms with Crippen molar-refractivity contribution in [3.05, 3.63) is 53.1 Å². The number of hydrogen-bond acceptors (Lipinski definition) is 4. The van der Waals surface area contributed by atoms with Gasteiger partial charge in [-0.05, 0) is 49.1 Å². The maximum absolute atomic E-state index is 5.44. The maximum atomic E-state index is 5.44. The number of guanidine groups is 1. The number of nitrogens with one attached hydrogen (secondary N) is 2. The lowest BCUT2D eigenvalue weighted by Crippen LogP contribution is -2.39. The normalized spacial score (nSPS) is 17.6. The summed E-state index contributed by atoms with van der Waals surface area (Å²) < 4.78 is 16.3. The molecule has 0 aromatic heterocycles. The molecule has 0 radical (unpaired) electrons. The number of aryl methyl sites for hydroxylation is 1. The number of benzene rings is 2. The summed E-state index contributed by atoms with van der Waals surface area (Å²) >= 11 is 0. The Kier molecular flexibility index (Phi) is 9.08. The van der Waals surface area contributed by atoms with Crippen molar-refractivity contribution in [3.8, 4) is 17.2 Å². The van der Waals surface area contributed by atoms with Gasteiger partial charge in [0.05, 0.1) is 27.9 Å². The first-order chi connectivity index (χ1) is 14.1. The molecule has 1 saturated carbocycles. The highest BCUT2D eigenvalue weighted by atomic mass is 127. The Bertz CT molecular complexity index is 848. The van der Waals surface area contributed by atoms with Crippen molar-refractivity contribution in [2.45, 2.75) is 38.8 Å². The van der Waals surface area contributed by atoms with Gasteiger partial charge in [-0.2, -0.15) is 0 Å². The molecule has 2 aromatic carbocycles. The average Bonchev–Trinajstić information content (AvgIpc) is 3.50. The van der Waals surface area contributed by atoms with Gasteiger partial charge in [0.2, 0.25) is 5.75 Å². The molecule has 7 heteroatoms. The number of ether oxygens (including phenoxy) is 3. The minimum absolute atomic E-state index is 0. The van der Waals surface area contributed by atoms with Crippen LogP contribution in [0.5, 0.6) is 17.2 Å². The summed E-state index contributed by atoms with van der Waals surface area (Å²) in [6.07, 6.45) is 1.12. The Morgan fingerprint density at radius 2 is 1.73 bits per heavy atom. The number of aliphatic imine (C=N–C) groups is 1. The summed E-state index contributed by atoms with van der Waals surface area (Å²) in [5.74, 6) is 3.23. The molecule has 6 nitrogen and oxygen atoms in total. The molecule has 30 heavy (non-hydrogen) atoms. The van der Waals surface area contributed by atoms with Crippen molar-refractivity contribution in [2.75, 3.05) is 27.9 Å². The second-order valence-corrected chi connectivity index (χ2v) is 7.18. The lowest BCUT2D eigenvalue weighted by atomic mass is 10.0. The van der Waals surface area contributed by atoms with E-state index in [-0.39, 0.29) is 24.0 Å². The number of methoxy groups -OCH3 is 3. The predicted molar refractivity (Wildman–Crippen MR) is 132 cm³/mol. The zero-order chi connectivity index (χ0) is 20.8. The quantitative estimate of drug-likeness (QED) is 0.307. The smallest absolute Gasteiger partial charge is 0.203 e. The summed E-state index contributed by atoms with van der Waals surface area (Å²) in [6.45, 7) is 5.56. The molecule has 1 fully saturated rings. The van der Waals surface area contributed by atoms with Crippen LogP contribution in [0.25, 0.3) is 0 Å². The molecule has 164 valence electrons. The molecule has 2 unspecified atom stereocenters. The van der Waals surface area contributed by atoms with E-state index in [1.807, 2.05) is 12.1 Å². The fourth-order valence-corrected chi connectivity index (χ4v) is 3.59.